The molecule has 0 unspecified atom stereocenters. The third-order valence-corrected chi connectivity index (χ3v) is 4.12. The zero-order valence-electron chi connectivity index (χ0n) is 13.0. The van der Waals surface area contributed by atoms with E-state index in [4.69, 9.17) is 0 Å². The highest BCUT2D eigenvalue weighted by molar-refractivity contribution is 5.75. The summed E-state index contributed by atoms with van der Waals surface area (Å²) >= 11 is 0. The van der Waals surface area contributed by atoms with Gasteiger partial charge in [0.25, 0.3) is 0 Å². The number of aryl methyl sites for hydroxylation is 1. The molecule has 0 aliphatic rings. The van der Waals surface area contributed by atoms with Gasteiger partial charge in [0.1, 0.15) is 0 Å². The summed E-state index contributed by atoms with van der Waals surface area (Å²) in [4.78, 5) is 11.4. The van der Waals surface area contributed by atoms with Gasteiger partial charge in [-0.05, 0) is 44.5 Å². The molecule has 0 saturated heterocycles. The number of carbonyl (C=O) groups is 1. The first-order valence-electron chi connectivity index (χ1n) is 6.96. The van der Waals surface area contributed by atoms with Crippen LogP contribution in [0.25, 0.3) is 0 Å². The maximum atomic E-state index is 11.4. The van der Waals surface area contributed by atoms with Crippen LogP contribution in [0.15, 0.2) is 0 Å². The van der Waals surface area contributed by atoms with Gasteiger partial charge in [-0.2, -0.15) is 0 Å². The van der Waals surface area contributed by atoms with Crippen molar-refractivity contribution in [2.75, 3.05) is 0 Å². The smallest absolute Gasteiger partial charge is 0.310 e. The molecule has 0 aromatic carbocycles. The second-order valence-corrected chi connectivity index (χ2v) is 6.08. The Balaban J connectivity index is 2.71. The van der Waals surface area contributed by atoms with Crippen LogP contribution in [0.3, 0.4) is 0 Å². The summed E-state index contributed by atoms with van der Waals surface area (Å²) < 4.78 is 1.76. The number of hydrogen-bond donors (Lipinski definition) is 2. The fourth-order valence-electron chi connectivity index (χ4n) is 1.62. The van der Waals surface area contributed by atoms with Crippen molar-refractivity contribution in [3.8, 4) is 0 Å². The number of carboxylic acid groups (broad SMARTS) is 1. The van der Waals surface area contributed by atoms with Crippen LogP contribution >= 0.6 is 0 Å². The summed E-state index contributed by atoms with van der Waals surface area (Å²) in [5, 5.41) is 24.2. The molecule has 0 bridgehead atoms. The van der Waals surface area contributed by atoms with Gasteiger partial charge in [-0.1, -0.05) is 13.3 Å². The average Bonchev–Trinajstić information content (AvgIpc) is 2.81. The predicted molar refractivity (Wildman–Crippen MR) is 75.1 cm³/mol. The molecule has 0 spiro atoms. The molecule has 1 heterocycles. The summed E-state index contributed by atoms with van der Waals surface area (Å²) in [6.07, 6.45) is 2.09. The minimum Gasteiger partial charge on any atom is -0.481 e. The van der Waals surface area contributed by atoms with E-state index in [0.29, 0.717) is 6.54 Å². The molecule has 1 rings (SSSR count). The van der Waals surface area contributed by atoms with Gasteiger partial charge < -0.3 is 10.4 Å². The first-order chi connectivity index (χ1) is 9.22. The van der Waals surface area contributed by atoms with Crippen LogP contribution in [0.1, 0.15) is 53.3 Å². The second kappa shape index (κ2) is 6.30. The summed E-state index contributed by atoms with van der Waals surface area (Å²) in [7, 11) is 0. The standard InChI is InChI=1S/C13H25N5O2/c1-6-7-8-18-10(15-16-17-18)9-14-13(4,5)12(2,3)11(19)20/h14H,6-9H2,1-5H3,(H,19,20). The van der Waals surface area contributed by atoms with Crippen molar-refractivity contribution in [1.82, 2.24) is 25.5 Å². The lowest BCUT2D eigenvalue weighted by Gasteiger charge is -2.38. The monoisotopic (exact) mass is 283 g/mol. The molecule has 0 radical (unpaired) electrons. The zero-order valence-corrected chi connectivity index (χ0v) is 13.0. The van der Waals surface area contributed by atoms with Crippen molar-refractivity contribution in [3.05, 3.63) is 5.82 Å². The maximum absolute atomic E-state index is 11.4. The zero-order chi connectivity index (χ0) is 15.4. The molecular weight excluding hydrogens is 258 g/mol. The van der Waals surface area contributed by atoms with Crippen LogP contribution in [-0.2, 0) is 17.9 Å². The Labute approximate surface area is 119 Å². The molecule has 0 aliphatic carbocycles. The number of carboxylic acids is 1. The highest BCUT2D eigenvalue weighted by Gasteiger charge is 2.43. The van der Waals surface area contributed by atoms with Gasteiger partial charge in [0.2, 0.25) is 0 Å². The SMILES string of the molecule is CCCCn1nnnc1CNC(C)(C)C(C)(C)C(=O)O. The van der Waals surface area contributed by atoms with Crippen LogP contribution in [-0.4, -0.2) is 36.8 Å². The molecule has 114 valence electrons. The lowest BCUT2D eigenvalue weighted by atomic mass is 9.74. The van der Waals surface area contributed by atoms with E-state index in [1.54, 1.807) is 18.5 Å². The minimum atomic E-state index is -0.894. The summed E-state index contributed by atoms with van der Waals surface area (Å²) in [6.45, 7) is 10.5. The molecule has 0 aliphatic heterocycles. The van der Waals surface area contributed by atoms with Crippen LogP contribution in [0.4, 0.5) is 0 Å². The van der Waals surface area contributed by atoms with E-state index in [-0.39, 0.29) is 0 Å². The Morgan fingerprint density at radius 3 is 2.55 bits per heavy atom. The molecule has 0 amide bonds. The molecule has 1 aromatic rings. The van der Waals surface area contributed by atoms with Gasteiger partial charge in [-0.25, -0.2) is 4.68 Å². The summed E-state index contributed by atoms with van der Waals surface area (Å²) in [5.41, 5.74) is -1.48. The Morgan fingerprint density at radius 2 is 2.00 bits per heavy atom. The van der Waals surface area contributed by atoms with Crippen molar-refractivity contribution in [2.45, 2.75) is 66.1 Å². The van der Waals surface area contributed by atoms with E-state index in [1.807, 2.05) is 13.8 Å². The highest BCUT2D eigenvalue weighted by Crippen LogP contribution is 2.30. The van der Waals surface area contributed by atoms with Gasteiger partial charge in [0.05, 0.1) is 12.0 Å². The Morgan fingerprint density at radius 1 is 1.35 bits per heavy atom. The molecule has 1 aromatic heterocycles. The molecular formula is C13H25N5O2. The number of unbranched alkanes of at least 4 members (excludes halogenated alkanes) is 1. The second-order valence-electron chi connectivity index (χ2n) is 6.08. The maximum Gasteiger partial charge on any atom is 0.310 e. The summed E-state index contributed by atoms with van der Waals surface area (Å²) in [6, 6.07) is 0. The van der Waals surface area contributed by atoms with E-state index in [0.717, 1.165) is 25.2 Å². The van der Waals surface area contributed by atoms with Crippen LogP contribution in [0.2, 0.25) is 0 Å². The van der Waals surface area contributed by atoms with Crippen molar-refractivity contribution in [2.24, 2.45) is 5.41 Å². The first kappa shape index (κ1) is 16.6. The quantitative estimate of drug-likeness (QED) is 0.750. The molecule has 7 heteroatoms. The van der Waals surface area contributed by atoms with Crippen LogP contribution < -0.4 is 5.32 Å². The van der Waals surface area contributed by atoms with E-state index >= 15 is 0 Å². The van der Waals surface area contributed by atoms with Gasteiger partial charge in [-0.3, -0.25) is 4.79 Å². The normalized spacial score (nSPS) is 12.7. The molecule has 7 nitrogen and oxygen atoms in total. The van der Waals surface area contributed by atoms with Crippen LogP contribution in [0, 0.1) is 5.41 Å². The number of aliphatic carboxylic acids is 1. The van der Waals surface area contributed by atoms with Crippen molar-refractivity contribution < 1.29 is 9.90 Å². The van der Waals surface area contributed by atoms with Gasteiger partial charge in [-0.15, -0.1) is 5.10 Å². The Hall–Kier alpha value is -1.50. The molecule has 20 heavy (non-hydrogen) atoms. The minimum absolute atomic E-state index is 0.445. The third kappa shape index (κ3) is 3.53. The Bertz CT molecular complexity index is 453. The predicted octanol–water partition coefficient (Wildman–Crippen LogP) is 1.45. The first-order valence-corrected chi connectivity index (χ1v) is 6.96. The molecule has 0 atom stereocenters. The topological polar surface area (TPSA) is 92.9 Å². The average molecular weight is 283 g/mol. The van der Waals surface area contributed by atoms with E-state index in [9.17, 15) is 9.90 Å². The van der Waals surface area contributed by atoms with Gasteiger partial charge >= 0.3 is 5.97 Å². The largest absolute Gasteiger partial charge is 0.481 e. The van der Waals surface area contributed by atoms with E-state index in [2.05, 4.69) is 27.8 Å². The van der Waals surface area contributed by atoms with Crippen molar-refractivity contribution >= 4 is 5.97 Å². The number of tetrazole rings is 1. The number of rotatable bonds is 8. The van der Waals surface area contributed by atoms with Crippen molar-refractivity contribution in [3.63, 3.8) is 0 Å². The lowest BCUT2D eigenvalue weighted by molar-refractivity contribution is -0.151. The number of nitrogens with zero attached hydrogens (tertiary/aromatic N) is 4. The fourth-order valence-corrected chi connectivity index (χ4v) is 1.62. The Kier molecular flexibility index (Phi) is 5.21. The number of nitrogens with one attached hydrogen (secondary N) is 1. The van der Waals surface area contributed by atoms with E-state index in [1.165, 1.54) is 0 Å². The molecule has 0 saturated carbocycles. The fraction of sp³-hybridized carbons (Fsp3) is 0.846. The molecule has 2 N–H and O–H groups in total. The summed E-state index contributed by atoms with van der Waals surface area (Å²) in [5.74, 6) is -0.103. The van der Waals surface area contributed by atoms with E-state index < -0.39 is 16.9 Å². The highest BCUT2D eigenvalue weighted by atomic mass is 16.4. The number of aromatic nitrogens is 4. The number of hydrogen-bond acceptors (Lipinski definition) is 5. The third-order valence-electron chi connectivity index (χ3n) is 4.12. The lowest BCUT2D eigenvalue weighted by Crippen LogP contribution is -2.54. The van der Waals surface area contributed by atoms with Crippen LogP contribution in [0.5, 0.6) is 0 Å². The van der Waals surface area contributed by atoms with Gasteiger partial charge in [0, 0.05) is 12.1 Å². The van der Waals surface area contributed by atoms with Crippen molar-refractivity contribution in [1.29, 1.82) is 0 Å². The molecule has 0 fully saturated rings. The van der Waals surface area contributed by atoms with Gasteiger partial charge in [0.15, 0.2) is 5.82 Å².